The van der Waals surface area contributed by atoms with Crippen LogP contribution in [0.3, 0.4) is 0 Å². The van der Waals surface area contributed by atoms with E-state index in [4.69, 9.17) is 4.74 Å². The van der Waals surface area contributed by atoms with Crippen LogP contribution < -0.4 is 0 Å². The summed E-state index contributed by atoms with van der Waals surface area (Å²) in [6.07, 6.45) is 7.02. The smallest absolute Gasteiger partial charge is 0.312 e. The first kappa shape index (κ1) is 11.0. The maximum absolute atomic E-state index is 12.1. The summed E-state index contributed by atoms with van der Waals surface area (Å²) in [5.74, 6) is 0.204. The highest BCUT2D eigenvalue weighted by Crippen LogP contribution is 2.63. The van der Waals surface area contributed by atoms with Crippen LogP contribution in [0.4, 0.5) is 0 Å². The molecule has 0 unspecified atom stereocenters. The number of esters is 1. The molecule has 4 aliphatic carbocycles. The number of ether oxygens (including phenoxy) is 1. The Balaban J connectivity index is 1.90. The molecule has 17 heavy (non-hydrogen) atoms. The number of fused-ring (bicyclic) bond motifs is 2. The van der Waals surface area contributed by atoms with Crippen molar-refractivity contribution in [2.24, 2.45) is 10.8 Å². The Hall–Kier alpha value is -1.12. The highest BCUT2D eigenvalue weighted by atomic mass is 16.5. The second-order valence-corrected chi connectivity index (χ2v) is 5.77. The summed E-state index contributed by atoms with van der Waals surface area (Å²) in [5.41, 5.74) is 1.05. The van der Waals surface area contributed by atoms with Crippen LogP contribution in [-0.2, 0) is 14.3 Å². The van der Waals surface area contributed by atoms with E-state index in [2.05, 4.69) is 0 Å². The van der Waals surface area contributed by atoms with Gasteiger partial charge < -0.3 is 4.74 Å². The zero-order chi connectivity index (χ0) is 12.1. The average molecular weight is 234 g/mol. The molecule has 0 aromatic rings. The van der Waals surface area contributed by atoms with Crippen molar-refractivity contribution in [1.29, 1.82) is 0 Å². The fourth-order valence-corrected chi connectivity index (χ4v) is 3.89. The summed E-state index contributed by atoms with van der Waals surface area (Å²) in [5, 5.41) is 0. The predicted octanol–water partition coefficient (Wildman–Crippen LogP) is 2.40. The number of hydrogen-bond donors (Lipinski definition) is 0. The molecule has 1 spiro atoms. The van der Waals surface area contributed by atoms with E-state index in [0.29, 0.717) is 13.0 Å². The van der Waals surface area contributed by atoms with Crippen molar-refractivity contribution in [3.63, 3.8) is 0 Å². The van der Waals surface area contributed by atoms with E-state index < -0.39 is 0 Å². The van der Waals surface area contributed by atoms with Crippen LogP contribution in [0.25, 0.3) is 0 Å². The van der Waals surface area contributed by atoms with Gasteiger partial charge in [-0.3, -0.25) is 9.59 Å². The molecule has 3 nitrogen and oxygen atoms in total. The van der Waals surface area contributed by atoms with Gasteiger partial charge in [0.25, 0.3) is 0 Å². The SMILES string of the molecule is CCOC(=O)C12CCC3(CC1)CC(=O)C=C3C2. The standard InChI is InChI=1S/C14H18O3/c1-2-17-12(16)14-5-3-13(4-6-14)9-11(15)7-10(13)8-14/h7H,2-6,8-9H2,1H3. The predicted molar refractivity (Wildman–Crippen MR) is 62.3 cm³/mol. The average Bonchev–Trinajstić information content (AvgIpc) is 2.64. The zero-order valence-corrected chi connectivity index (χ0v) is 10.3. The first-order valence-corrected chi connectivity index (χ1v) is 6.51. The summed E-state index contributed by atoms with van der Waals surface area (Å²) in [7, 11) is 0. The van der Waals surface area contributed by atoms with Gasteiger partial charge in [-0.05, 0) is 50.5 Å². The Morgan fingerprint density at radius 2 is 2.00 bits per heavy atom. The molecule has 3 saturated carbocycles. The van der Waals surface area contributed by atoms with Gasteiger partial charge in [0, 0.05) is 6.42 Å². The van der Waals surface area contributed by atoms with Crippen LogP contribution in [-0.4, -0.2) is 18.4 Å². The van der Waals surface area contributed by atoms with Gasteiger partial charge in [0.2, 0.25) is 0 Å². The quantitative estimate of drug-likeness (QED) is 0.689. The second kappa shape index (κ2) is 3.44. The molecule has 4 rings (SSSR count). The lowest BCUT2D eigenvalue weighted by Gasteiger charge is -2.51. The number of carbonyl (C=O) groups is 2. The minimum Gasteiger partial charge on any atom is -0.466 e. The van der Waals surface area contributed by atoms with E-state index >= 15 is 0 Å². The zero-order valence-electron chi connectivity index (χ0n) is 10.3. The van der Waals surface area contributed by atoms with E-state index in [1.807, 2.05) is 6.92 Å². The lowest BCUT2D eigenvalue weighted by Crippen LogP contribution is -2.47. The van der Waals surface area contributed by atoms with Crippen LogP contribution in [0.2, 0.25) is 0 Å². The van der Waals surface area contributed by atoms with Gasteiger partial charge in [-0.1, -0.05) is 5.57 Å². The fourth-order valence-electron chi connectivity index (χ4n) is 3.89. The highest BCUT2D eigenvalue weighted by Gasteiger charge is 2.57. The molecule has 3 fully saturated rings. The summed E-state index contributed by atoms with van der Waals surface area (Å²) < 4.78 is 5.22. The monoisotopic (exact) mass is 234 g/mol. The van der Waals surface area contributed by atoms with Gasteiger partial charge in [0.15, 0.2) is 5.78 Å². The third-order valence-electron chi connectivity index (χ3n) is 4.93. The highest BCUT2D eigenvalue weighted by molar-refractivity contribution is 5.95. The van der Waals surface area contributed by atoms with Crippen LogP contribution in [0.15, 0.2) is 11.6 Å². The second-order valence-electron chi connectivity index (χ2n) is 5.77. The molecule has 0 atom stereocenters. The Morgan fingerprint density at radius 1 is 1.29 bits per heavy atom. The summed E-state index contributed by atoms with van der Waals surface area (Å²) >= 11 is 0. The molecule has 3 heteroatoms. The molecular formula is C14H18O3. The van der Waals surface area contributed by atoms with Crippen LogP contribution >= 0.6 is 0 Å². The maximum Gasteiger partial charge on any atom is 0.312 e. The lowest BCUT2D eigenvalue weighted by atomic mass is 9.52. The molecule has 0 aromatic heterocycles. The van der Waals surface area contributed by atoms with E-state index in [1.165, 1.54) is 5.57 Å². The van der Waals surface area contributed by atoms with Gasteiger partial charge in [0.1, 0.15) is 0 Å². The summed E-state index contributed by atoms with van der Waals surface area (Å²) in [4.78, 5) is 23.7. The normalized spacial score (nSPS) is 38.9. The van der Waals surface area contributed by atoms with Gasteiger partial charge in [-0.2, -0.15) is 0 Å². The molecule has 4 aliphatic rings. The van der Waals surface area contributed by atoms with E-state index in [-0.39, 0.29) is 22.6 Å². The minimum absolute atomic E-state index is 0.0476. The van der Waals surface area contributed by atoms with Crippen LogP contribution in [0.1, 0.15) is 45.4 Å². The topological polar surface area (TPSA) is 43.4 Å². The van der Waals surface area contributed by atoms with Crippen LogP contribution in [0.5, 0.6) is 0 Å². The fraction of sp³-hybridized carbons (Fsp3) is 0.714. The van der Waals surface area contributed by atoms with Crippen molar-refractivity contribution in [1.82, 2.24) is 0 Å². The van der Waals surface area contributed by atoms with Crippen molar-refractivity contribution in [2.75, 3.05) is 6.61 Å². The third kappa shape index (κ3) is 1.41. The van der Waals surface area contributed by atoms with Crippen molar-refractivity contribution in [3.05, 3.63) is 11.6 Å². The number of ketones is 1. The first-order valence-electron chi connectivity index (χ1n) is 6.51. The Labute approximate surface area is 101 Å². The molecule has 0 radical (unpaired) electrons. The van der Waals surface area contributed by atoms with Crippen LogP contribution in [0, 0.1) is 10.8 Å². The molecule has 0 aliphatic heterocycles. The molecule has 0 saturated heterocycles. The van der Waals surface area contributed by atoms with Crippen molar-refractivity contribution in [3.8, 4) is 0 Å². The lowest BCUT2D eigenvalue weighted by molar-refractivity contribution is -0.161. The Morgan fingerprint density at radius 3 is 2.65 bits per heavy atom. The Kier molecular flexibility index (Phi) is 2.22. The molecule has 0 N–H and O–H groups in total. The molecule has 0 heterocycles. The molecule has 2 bridgehead atoms. The maximum atomic E-state index is 12.1. The molecular weight excluding hydrogens is 216 g/mol. The van der Waals surface area contributed by atoms with Gasteiger partial charge in [-0.15, -0.1) is 0 Å². The van der Waals surface area contributed by atoms with Gasteiger partial charge in [0.05, 0.1) is 12.0 Å². The van der Waals surface area contributed by atoms with E-state index in [9.17, 15) is 9.59 Å². The number of carbonyl (C=O) groups excluding carboxylic acids is 2. The molecule has 0 amide bonds. The Bertz CT molecular complexity index is 411. The third-order valence-corrected chi connectivity index (χ3v) is 4.93. The first-order chi connectivity index (χ1) is 8.10. The number of allylic oxidation sites excluding steroid dienone is 2. The molecule has 0 aromatic carbocycles. The van der Waals surface area contributed by atoms with Crippen molar-refractivity contribution >= 4 is 11.8 Å². The van der Waals surface area contributed by atoms with E-state index in [0.717, 1.165) is 32.1 Å². The van der Waals surface area contributed by atoms with Crippen molar-refractivity contribution in [2.45, 2.75) is 45.4 Å². The largest absolute Gasteiger partial charge is 0.466 e. The summed E-state index contributed by atoms with van der Waals surface area (Å²) in [6.45, 7) is 2.30. The minimum atomic E-state index is -0.311. The molecule has 92 valence electrons. The van der Waals surface area contributed by atoms with Crippen molar-refractivity contribution < 1.29 is 14.3 Å². The van der Waals surface area contributed by atoms with Gasteiger partial charge in [-0.25, -0.2) is 0 Å². The number of hydrogen-bond acceptors (Lipinski definition) is 3. The van der Waals surface area contributed by atoms with E-state index in [1.54, 1.807) is 6.08 Å². The van der Waals surface area contributed by atoms with Gasteiger partial charge >= 0.3 is 5.97 Å². The number of rotatable bonds is 2. The summed E-state index contributed by atoms with van der Waals surface area (Å²) in [6, 6.07) is 0.